The van der Waals surface area contributed by atoms with Crippen molar-refractivity contribution >= 4 is 51.7 Å². The third-order valence-electron chi connectivity index (χ3n) is 7.99. The summed E-state index contributed by atoms with van der Waals surface area (Å²) in [7, 11) is -6.00. The van der Waals surface area contributed by atoms with E-state index in [0.29, 0.717) is 51.5 Å². The van der Waals surface area contributed by atoms with Gasteiger partial charge in [-0.15, -0.1) is 0 Å². The molecule has 0 aliphatic rings. The number of nitrogens with zero attached hydrogens (tertiary/aromatic N) is 1. The molecular weight excluding hydrogens is 685 g/mol. The van der Waals surface area contributed by atoms with Crippen LogP contribution in [0.1, 0.15) is 50.2 Å². The Morgan fingerprint density at radius 2 is 1.44 bits per heavy atom. The van der Waals surface area contributed by atoms with Crippen LogP contribution in [0.5, 0.6) is 11.5 Å². The Balaban J connectivity index is 1.55. The van der Waals surface area contributed by atoms with Crippen molar-refractivity contribution in [2.24, 2.45) is 0 Å². The second-order valence-corrected chi connectivity index (χ2v) is 14.8. The number of unbranched alkanes of at least 4 members (excludes halogenated alkanes) is 1. The number of carbonyl (C=O) groups excluding carboxylic acids is 2. The predicted octanol–water partition coefficient (Wildman–Crippen LogP) is 6.58. The topological polar surface area (TPSA) is 158 Å². The third-order valence-corrected chi connectivity index (χ3v) is 10.1. The highest BCUT2D eigenvalue weighted by atomic mass is 32.2. The molecule has 0 aliphatic carbocycles. The van der Waals surface area contributed by atoms with Crippen molar-refractivity contribution in [1.29, 1.82) is 0 Å². The minimum absolute atomic E-state index is 0.0867. The van der Waals surface area contributed by atoms with Crippen molar-refractivity contribution in [3.05, 3.63) is 113 Å². The third kappa shape index (κ3) is 8.55. The lowest BCUT2D eigenvalue weighted by Gasteiger charge is -2.17. The van der Waals surface area contributed by atoms with Crippen LogP contribution in [0, 0.1) is 13.8 Å². The summed E-state index contributed by atoms with van der Waals surface area (Å²) in [5, 5.41) is 0.884. The van der Waals surface area contributed by atoms with Crippen molar-refractivity contribution in [3.63, 3.8) is 0 Å². The van der Waals surface area contributed by atoms with Crippen molar-refractivity contribution in [1.82, 2.24) is 0 Å². The van der Waals surface area contributed by atoms with Crippen LogP contribution in [0.4, 0.5) is 0 Å². The van der Waals surface area contributed by atoms with Crippen molar-refractivity contribution < 1.29 is 54.7 Å². The van der Waals surface area contributed by atoms with Crippen LogP contribution in [0.15, 0.2) is 84.9 Å². The molecule has 0 fully saturated rings. The van der Waals surface area contributed by atoms with Crippen LogP contribution in [0.3, 0.4) is 0 Å². The van der Waals surface area contributed by atoms with Gasteiger partial charge in [0.2, 0.25) is 11.0 Å². The van der Waals surface area contributed by atoms with E-state index in [1.165, 1.54) is 20.3 Å². The number of para-hydroxylation sites is 1. The number of fused-ring (bicyclic) bond motifs is 2. The van der Waals surface area contributed by atoms with Crippen LogP contribution in [-0.2, 0) is 41.6 Å². The number of phosphoric acid groups is 1. The number of benzene rings is 4. The molecule has 262 valence electrons. The minimum Gasteiger partial charge on any atom is -0.748 e. The first-order chi connectivity index (χ1) is 23.8. The number of hydrogen-bond donors (Lipinski definition) is 0. The fourth-order valence-corrected chi connectivity index (χ4v) is 6.90. The van der Waals surface area contributed by atoms with Gasteiger partial charge in [-0.2, -0.15) is 4.57 Å². The zero-order valence-corrected chi connectivity index (χ0v) is 29.6. The van der Waals surface area contributed by atoms with E-state index in [0.717, 1.165) is 5.56 Å². The highest BCUT2D eigenvalue weighted by molar-refractivity contribution is 7.85. The summed E-state index contributed by atoms with van der Waals surface area (Å²) in [5.41, 5.74) is 3.59. The monoisotopic (exact) mass is 721 g/mol. The first-order valence-corrected chi connectivity index (χ1v) is 18.6. The van der Waals surface area contributed by atoms with E-state index in [-0.39, 0.29) is 30.1 Å². The summed E-state index contributed by atoms with van der Waals surface area (Å²) in [6, 6.07) is 24.4. The van der Waals surface area contributed by atoms with Gasteiger partial charge in [-0.3, -0.25) is 9.05 Å². The molecule has 0 N–H and O–H groups in total. The lowest BCUT2D eigenvalue weighted by molar-refractivity contribution is -0.645. The molecule has 50 heavy (non-hydrogen) atoms. The van der Waals surface area contributed by atoms with E-state index in [1.807, 2.05) is 41.0 Å². The average molecular weight is 722 g/mol. The number of carbonyl (C=O) groups is 2. The molecule has 0 aliphatic heterocycles. The number of hydrogen-bond acceptors (Lipinski definition) is 11. The summed E-state index contributed by atoms with van der Waals surface area (Å²) in [5.74, 6) is -1.38. The first-order valence-electron chi connectivity index (χ1n) is 15.6. The molecule has 0 radical (unpaired) electrons. The average Bonchev–Trinajstić information content (AvgIpc) is 3.09. The normalized spacial score (nSPS) is 11.9. The number of esters is 2. The largest absolute Gasteiger partial charge is 0.748 e. The number of aromatic nitrogens is 1. The Morgan fingerprint density at radius 3 is 2.10 bits per heavy atom. The Labute approximate surface area is 289 Å². The summed E-state index contributed by atoms with van der Waals surface area (Å²) in [6.45, 7) is 3.87. The molecule has 1 aromatic heterocycles. The molecule has 5 aromatic rings. The van der Waals surface area contributed by atoms with E-state index < -0.39 is 35.6 Å². The fraction of sp³-hybridized carbons (Fsp3) is 0.250. The van der Waals surface area contributed by atoms with Gasteiger partial charge in [-0.1, -0.05) is 42.5 Å². The Hall–Kier alpha value is -4.65. The maximum atomic E-state index is 14.2. The molecule has 12 nitrogen and oxygen atoms in total. The number of ether oxygens (including phenoxy) is 2. The van der Waals surface area contributed by atoms with Crippen LogP contribution < -0.4 is 13.8 Å². The predicted molar refractivity (Wildman–Crippen MR) is 184 cm³/mol. The van der Waals surface area contributed by atoms with Gasteiger partial charge in [0.15, 0.2) is 0 Å². The van der Waals surface area contributed by atoms with E-state index in [4.69, 9.17) is 23.0 Å². The number of phosphoric ester groups is 1. The number of pyridine rings is 1. The maximum Gasteiger partial charge on any atom is 0.529 e. The van der Waals surface area contributed by atoms with Crippen molar-refractivity contribution in [2.45, 2.75) is 39.8 Å². The maximum absolute atomic E-state index is 14.2. The second-order valence-electron chi connectivity index (χ2n) is 11.5. The minimum atomic E-state index is -4.38. The molecule has 0 saturated carbocycles. The van der Waals surface area contributed by atoms with Crippen LogP contribution >= 0.6 is 7.82 Å². The zero-order valence-electron chi connectivity index (χ0n) is 27.9. The smallest absolute Gasteiger partial charge is 0.529 e. The fourth-order valence-electron chi connectivity index (χ4n) is 5.67. The number of aryl methyl sites for hydroxylation is 3. The molecule has 0 unspecified atom stereocenters. The lowest BCUT2D eigenvalue weighted by Crippen LogP contribution is -2.37. The standard InChI is InChI=1S/C36H36NO11PS/c1-24-20-27(35(38)46-23-26-12-6-5-7-13-26)21-25(2)34(24)47-36(39)33-29-14-8-9-15-31(29)37(18-10-11-19-50(41,42)43)32-17-16-28(22-30(32)33)48-49(40,44-3)45-4/h5-9,12-17,20-22H,10-11,18-19,23H2,1-4H3. The molecule has 1 heterocycles. The highest BCUT2D eigenvalue weighted by Gasteiger charge is 2.29. The van der Waals surface area contributed by atoms with Crippen LogP contribution in [0.2, 0.25) is 0 Å². The van der Waals surface area contributed by atoms with E-state index in [1.54, 1.807) is 56.3 Å². The molecule has 14 heteroatoms. The molecule has 0 spiro atoms. The Kier molecular flexibility index (Phi) is 11.3. The quantitative estimate of drug-likeness (QED) is 0.0232. The van der Waals surface area contributed by atoms with Gasteiger partial charge in [0.05, 0.1) is 32.0 Å². The van der Waals surface area contributed by atoms with Gasteiger partial charge in [0, 0.05) is 38.5 Å². The Bertz CT molecular complexity index is 2190. The summed E-state index contributed by atoms with van der Waals surface area (Å²) in [6.07, 6.45) is 0.493. The second kappa shape index (κ2) is 15.5. The van der Waals surface area contributed by atoms with Crippen molar-refractivity contribution in [3.8, 4) is 11.5 Å². The van der Waals surface area contributed by atoms with E-state index in [9.17, 15) is 27.1 Å². The molecule has 4 aromatic carbocycles. The Morgan fingerprint density at radius 1 is 0.800 bits per heavy atom. The van der Waals surface area contributed by atoms with Gasteiger partial charge in [0.1, 0.15) is 24.7 Å². The molecule has 5 rings (SSSR count). The number of rotatable bonds is 14. The van der Waals surface area contributed by atoms with Crippen LogP contribution in [0.25, 0.3) is 21.8 Å². The molecular formula is C36H36NO11PS. The summed E-state index contributed by atoms with van der Waals surface area (Å²) in [4.78, 5) is 27.1. The van der Waals surface area contributed by atoms with Gasteiger partial charge in [0.25, 0.3) is 0 Å². The van der Waals surface area contributed by atoms with Gasteiger partial charge in [-0.25, -0.2) is 22.6 Å². The lowest BCUT2D eigenvalue weighted by atomic mass is 10.0. The highest BCUT2D eigenvalue weighted by Crippen LogP contribution is 2.48. The van der Waals surface area contributed by atoms with Gasteiger partial charge >= 0.3 is 19.8 Å². The van der Waals surface area contributed by atoms with E-state index >= 15 is 0 Å². The zero-order chi connectivity index (χ0) is 36.1. The summed E-state index contributed by atoms with van der Waals surface area (Å²) < 4.78 is 75.4. The van der Waals surface area contributed by atoms with Crippen LogP contribution in [-0.4, -0.2) is 44.9 Å². The SMILES string of the molecule is COP(=O)(OC)Oc1ccc2c(c1)c(C(=O)Oc1c(C)cc(C(=O)OCc3ccccc3)cc1C)c1ccccc1[n+]2CCCCS(=O)(=O)[O-]. The van der Waals surface area contributed by atoms with Crippen molar-refractivity contribution in [2.75, 3.05) is 20.0 Å². The molecule has 0 amide bonds. The molecule has 0 bridgehead atoms. The van der Waals surface area contributed by atoms with Gasteiger partial charge in [-0.05, 0) is 67.3 Å². The van der Waals surface area contributed by atoms with Gasteiger partial charge < -0.3 is 18.6 Å². The molecule has 0 atom stereocenters. The molecule has 0 saturated heterocycles. The van der Waals surface area contributed by atoms with E-state index in [2.05, 4.69) is 0 Å². The first kappa shape index (κ1) is 36.6. The summed E-state index contributed by atoms with van der Waals surface area (Å²) >= 11 is 0.